The van der Waals surface area contributed by atoms with Crippen LogP contribution in [0.25, 0.3) is 0 Å². The third kappa shape index (κ3) is 13.8. The van der Waals surface area contributed by atoms with Gasteiger partial charge in [-0.25, -0.2) is 9.78 Å². The number of carboxylic acid groups (broad SMARTS) is 1. The molecule has 0 radical (unpaired) electrons. The van der Waals surface area contributed by atoms with Crippen LogP contribution in [-0.2, 0) is 30.4 Å². The van der Waals surface area contributed by atoms with Crippen molar-refractivity contribution in [3.8, 4) is 0 Å². The number of unbranched alkanes of at least 4 members (excludes halogenated alkanes) is 1. The van der Waals surface area contributed by atoms with Crippen LogP contribution in [0, 0.1) is 5.92 Å². The zero-order valence-electron chi connectivity index (χ0n) is 25.7. The third-order valence-electron chi connectivity index (χ3n) is 7.02. The van der Waals surface area contributed by atoms with Gasteiger partial charge in [-0.2, -0.15) is 0 Å². The molecule has 248 valence electrons. The summed E-state index contributed by atoms with van der Waals surface area (Å²) in [4.78, 5) is 74.5. The Kier molecular flexibility index (Phi) is 17.0. The summed E-state index contributed by atoms with van der Waals surface area (Å²) in [5.41, 5.74) is 22.8. The first-order valence-electron chi connectivity index (χ1n) is 14.7. The molecule has 0 saturated carbocycles. The number of nitrogens with one attached hydrogen (secondary N) is 5. The summed E-state index contributed by atoms with van der Waals surface area (Å²) in [5.74, 6) is -4.24. The largest absolute Gasteiger partial charge is 0.480 e. The van der Waals surface area contributed by atoms with E-state index in [-0.39, 0.29) is 31.3 Å². The Hall–Kier alpha value is -4.25. The van der Waals surface area contributed by atoms with E-state index in [1.807, 2.05) is 6.92 Å². The van der Waals surface area contributed by atoms with E-state index >= 15 is 0 Å². The zero-order valence-corrected chi connectivity index (χ0v) is 25.7. The highest BCUT2D eigenvalue weighted by Gasteiger charge is 2.32. The molecule has 0 unspecified atom stereocenters. The summed E-state index contributed by atoms with van der Waals surface area (Å²) in [6.07, 6.45) is 5.49. The number of aliphatic imine (C=N–C) groups is 1. The van der Waals surface area contributed by atoms with Crippen molar-refractivity contribution in [3.05, 3.63) is 18.2 Å². The molecule has 0 saturated heterocycles. The molecule has 44 heavy (non-hydrogen) atoms. The van der Waals surface area contributed by atoms with E-state index in [2.05, 4.69) is 36.2 Å². The molecule has 4 amide bonds. The molecule has 0 aliphatic rings. The predicted octanol–water partition coefficient (Wildman–Crippen LogP) is -2.45. The minimum atomic E-state index is -1.28. The minimum absolute atomic E-state index is 0.0510. The molecule has 1 heterocycles. The van der Waals surface area contributed by atoms with Crippen molar-refractivity contribution in [2.75, 3.05) is 13.1 Å². The number of guanidine groups is 1. The lowest BCUT2D eigenvalue weighted by Gasteiger charge is -2.28. The van der Waals surface area contributed by atoms with Crippen LogP contribution >= 0.6 is 0 Å². The number of carbonyl (C=O) groups excluding carboxylic acids is 4. The highest BCUT2D eigenvalue weighted by Crippen LogP contribution is 2.11. The quantitative estimate of drug-likeness (QED) is 0.0389. The zero-order chi connectivity index (χ0) is 33.2. The molecule has 1 aromatic heterocycles. The number of nitrogens with two attached hydrogens (primary N) is 4. The summed E-state index contributed by atoms with van der Waals surface area (Å²) in [6.45, 7) is 5.68. The van der Waals surface area contributed by atoms with Crippen LogP contribution in [0.2, 0.25) is 0 Å². The number of carboxylic acids is 1. The second-order valence-electron chi connectivity index (χ2n) is 10.7. The molecule has 14 N–H and O–H groups in total. The van der Waals surface area contributed by atoms with Crippen LogP contribution in [0.3, 0.4) is 0 Å². The van der Waals surface area contributed by atoms with Gasteiger partial charge in [0.15, 0.2) is 5.96 Å². The molecule has 6 atom stereocenters. The Morgan fingerprint density at radius 1 is 0.932 bits per heavy atom. The Morgan fingerprint density at radius 3 is 2.18 bits per heavy atom. The number of imidazole rings is 1. The number of amides is 4. The van der Waals surface area contributed by atoms with E-state index in [0.717, 1.165) is 0 Å². The van der Waals surface area contributed by atoms with Crippen LogP contribution in [-0.4, -0.2) is 93.9 Å². The van der Waals surface area contributed by atoms with Crippen LogP contribution in [0.15, 0.2) is 17.5 Å². The second-order valence-corrected chi connectivity index (χ2v) is 10.7. The van der Waals surface area contributed by atoms with Gasteiger partial charge in [0.1, 0.15) is 24.2 Å². The first kappa shape index (κ1) is 37.8. The van der Waals surface area contributed by atoms with Gasteiger partial charge in [0.25, 0.3) is 0 Å². The third-order valence-corrected chi connectivity index (χ3v) is 7.02. The normalized spacial score (nSPS) is 15.0. The molecule has 0 aliphatic heterocycles. The number of hydrogen-bond donors (Lipinski definition) is 10. The van der Waals surface area contributed by atoms with Crippen LogP contribution in [0.5, 0.6) is 0 Å². The van der Waals surface area contributed by atoms with E-state index in [1.165, 1.54) is 19.4 Å². The summed E-state index contributed by atoms with van der Waals surface area (Å²) >= 11 is 0. The number of nitrogens with zero attached hydrogens (tertiary/aromatic N) is 2. The van der Waals surface area contributed by atoms with Gasteiger partial charge in [0.2, 0.25) is 23.6 Å². The highest BCUT2D eigenvalue weighted by atomic mass is 16.4. The maximum absolute atomic E-state index is 13.4. The number of aromatic nitrogens is 2. The predicted molar refractivity (Wildman–Crippen MR) is 164 cm³/mol. The molecule has 0 aromatic carbocycles. The SMILES string of the molecule is CC[C@H](C)[C@H](NC(=O)[C@@H](N)CCCCN)C(=O)N[C@@H](CCCN=C(N)N)C(=O)N[C@@H](C)C(=O)N[C@@H](Cc1cnc[nH]1)C(=O)O. The van der Waals surface area contributed by atoms with Crippen LogP contribution < -0.4 is 44.2 Å². The van der Waals surface area contributed by atoms with Crippen molar-refractivity contribution < 1.29 is 29.1 Å². The minimum Gasteiger partial charge on any atom is -0.480 e. The Balaban J connectivity index is 3.00. The lowest BCUT2D eigenvalue weighted by Crippen LogP contribution is -2.59. The second kappa shape index (κ2) is 19.8. The fraction of sp³-hybridized carbons (Fsp3) is 0.667. The first-order valence-corrected chi connectivity index (χ1v) is 14.7. The summed E-state index contributed by atoms with van der Waals surface area (Å²) in [5, 5.41) is 19.9. The molecule has 0 spiro atoms. The molecule has 17 nitrogen and oxygen atoms in total. The first-order chi connectivity index (χ1) is 20.8. The number of rotatable bonds is 21. The van der Waals surface area contributed by atoms with Gasteiger partial charge in [-0.15, -0.1) is 0 Å². The molecular weight excluding hydrogens is 574 g/mol. The van der Waals surface area contributed by atoms with Gasteiger partial charge in [-0.3, -0.25) is 24.2 Å². The number of H-pyrrole nitrogens is 1. The van der Waals surface area contributed by atoms with Gasteiger partial charge in [0.05, 0.1) is 12.4 Å². The molecule has 1 aromatic rings. The van der Waals surface area contributed by atoms with Crippen molar-refractivity contribution in [2.45, 2.75) is 95.9 Å². The van der Waals surface area contributed by atoms with Crippen molar-refractivity contribution in [1.82, 2.24) is 31.2 Å². The van der Waals surface area contributed by atoms with Crippen molar-refractivity contribution in [2.24, 2.45) is 33.8 Å². The average Bonchev–Trinajstić information content (AvgIpc) is 3.49. The number of hydrogen-bond acceptors (Lipinski definition) is 9. The highest BCUT2D eigenvalue weighted by molar-refractivity contribution is 5.95. The van der Waals surface area contributed by atoms with E-state index in [0.29, 0.717) is 44.3 Å². The van der Waals surface area contributed by atoms with E-state index in [9.17, 15) is 29.1 Å². The molecule has 1 rings (SSSR count). The van der Waals surface area contributed by atoms with E-state index in [4.69, 9.17) is 22.9 Å². The topological polar surface area (TPSA) is 299 Å². The molecular formula is C27H49N11O6. The fourth-order valence-electron chi connectivity index (χ4n) is 4.13. The van der Waals surface area contributed by atoms with Gasteiger partial charge in [-0.05, 0) is 45.1 Å². The van der Waals surface area contributed by atoms with Crippen LogP contribution in [0.1, 0.15) is 65.0 Å². The monoisotopic (exact) mass is 623 g/mol. The van der Waals surface area contributed by atoms with Gasteiger partial charge < -0.3 is 54.3 Å². The van der Waals surface area contributed by atoms with Gasteiger partial charge in [-0.1, -0.05) is 26.7 Å². The standard InChI is InChI=1S/C27H49N11O6/c1-4-15(2)21(38-23(40)18(29)8-5-6-10-28)25(42)36-19(9-7-11-33-27(30)31)24(41)35-16(3)22(39)37-20(26(43)44)12-17-13-32-14-34-17/h13-16,18-21H,4-12,28-29H2,1-3H3,(H,32,34)(H,35,41)(H,36,42)(H,37,39)(H,38,40)(H,43,44)(H4,30,31,33)/t15-,16-,18-,19-,20-,21-/m0/s1. The lowest BCUT2D eigenvalue weighted by molar-refractivity contribution is -0.142. The van der Waals surface area contributed by atoms with Crippen LogP contribution in [0.4, 0.5) is 0 Å². The van der Waals surface area contributed by atoms with Gasteiger partial charge >= 0.3 is 5.97 Å². The maximum Gasteiger partial charge on any atom is 0.326 e. The number of carbonyl (C=O) groups is 5. The number of aromatic amines is 1. The van der Waals surface area contributed by atoms with Gasteiger partial charge in [0, 0.05) is 24.9 Å². The average molecular weight is 624 g/mol. The lowest BCUT2D eigenvalue weighted by atomic mass is 9.96. The van der Waals surface area contributed by atoms with Crippen molar-refractivity contribution in [1.29, 1.82) is 0 Å². The fourth-order valence-corrected chi connectivity index (χ4v) is 4.13. The molecule has 0 aliphatic carbocycles. The molecule has 0 bridgehead atoms. The Bertz CT molecular complexity index is 1090. The van der Waals surface area contributed by atoms with E-state index in [1.54, 1.807) is 6.92 Å². The maximum atomic E-state index is 13.4. The Labute approximate surface area is 257 Å². The number of aliphatic carboxylic acids is 1. The van der Waals surface area contributed by atoms with Crippen molar-refractivity contribution >= 4 is 35.6 Å². The van der Waals surface area contributed by atoms with E-state index < -0.39 is 59.8 Å². The Morgan fingerprint density at radius 2 is 1.61 bits per heavy atom. The molecule has 17 heteroatoms. The smallest absolute Gasteiger partial charge is 0.326 e. The molecule has 0 fully saturated rings. The van der Waals surface area contributed by atoms with Crippen molar-refractivity contribution in [3.63, 3.8) is 0 Å². The summed E-state index contributed by atoms with van der Waals surface area (Å²) in [7, 11) is 0. The summed E-state index contributed by atoms with van der Waals surface area (Å²) < 4.78 is 0. The summed E-state index contributed by atoms with van der Waals surface area (Å²) in [6, 6.07) is -5.38.